The summed E-state index contributed by atoms with van der Waals surface area (Å²) in [6.45, 7) is 4.37. The van der Waals surface area contributed by atoms with Gasteiger partial charge in [-0.15, -0.1) is 0 Å². The summed E-state index contributed by atoms with van der Waals surface area (Å²) in [5.41, 5.74) is 5.36. The molecule has 0 bridgehead atoms. The van der Waals surface area contributed by atoms with Crippen LogP contribution < -0.4 is 4.74 Å². The van der Waals surface area contributed by atoms with E-state index in [0.717, 1.165) is 55.5 Å². The zero-order valence-electron chi connectivity index (χ0n) is 19.1. The summed E-state index contributed by atoms with van der Waals surface area (Å²) in [4.78, 5) is 23.9. The van der Waals surface area contributed by atoms with Crippen LogP contribution in [-0.4, -0.2) is 32.6 Å². The minimum Gasteiger partial charge on any atom is -0.493 e. The van der Waals surface area contributed by atoms with E-state index in [1.807, 2.05) is 62.4 Å². The Morgan fingerprint density at radius 3 is 2.44 bits per heavy atom. The van der Waals surface area contributed by atoms with E-state index in [9.17, 15) is 9.90 Å². The number of carbonyl (C=O) groups is 1. The topological polar surface area (TPSA) is 88.1 Å². The Balaban J connectivity index is 1.44. The Bertz CT molecular complexity index is 1500. The van der Waals surface area contributed by atoms with E-state index in [4.69, 9.17) is 4.74 Å². The number of carboxylic acids is 1. The van der Waals surface area contributed by atoms with Crippen LogP contribution in [0.2, 0.25) is 0 Å². The highest BCUT2D eigenvalue weighted by Crippen LogP contribution is 2.34. The quantitative estimate of drug-likeness (QED) is 0.292. The van der Waals surface area contributed by atoms with E-state index in [0.29, 0.717) is 19.4 Å². The zero-order chi connectivity index (χ0) is 23.7. The summed E-state index contributed by atoms with van der Waals surface area (Å²) in [5, 5.41) is 13.0. The molecule has 0 atom stereocenters. The third-order valence-corrected chi connectivity index (χ3v) is 6.23. The molecular weight excluding hydrogens is 426 g/mol. The number of benzene rings is 3. The lowest BCUT2D eigenvalue weighted by atomic mass is 9.98. The minimum absolute atomic E-state index is 0.222. The number of nitrogens with one attached hydrogen (secondary N) is 1. The number of aromatic amines is 1. The Morgan fingerprint density at radius 2 is 1.65 bits per heavy atom. The maximum absolute atomic E-state index is 12.1. The summed E-state index contributed by atoms with van der Waals surface area (Å²) >= 11 is 0. The van der Waals surface area contributed by atoms with Gasteiger partial charge >= 0.3 is 5.97 Å². The number of hydrogen-bond donors (Lipinski definition) is 2. The van der Waals surface area contributed by atoms with Crippen molar-refractivity contribution in [3.63, 3.8) is 0 Å². The van der Waals surface area contributed by atoms with Gasteiger partial charge in [0.25, 0.3) is 0 Å². The molecule has 6 nitrogen and oxygen atoms in total. The largest absolute Gasteiger partial charge is 0.493 e. The predicted octanol–water partition coefficient (Wildman–Crippen LogP) is 6.10. The van der Waals surface area contributed by atoms with Crippen molar-refractivity contribution in [3.8, 4) is 16.9 Å². The fraction of sp³-hybridized carbons (Fsp3) is 0.179. The number of ether oxygens (including phenoxy) is 1. The third kappa shape index (κ3) is 3.88. The molecule has 2 N–H and O–H groups in total. The molecule has 0 amide bonds. The molecule has 0 saturated carbocycles. The summed E-state index contributed by atoms with van der Waals surface area (Å²) in [5.74, 6) is -0.127. The Morgan fingerprint density at radius 1 is 0.941 bits per heavy atom. The van der Waals surface area contributed by atoms with Crippen LogP contribution >= 0.6 is 0 Å². The molecule has 2 heterocycles. The lowest BCUT2D eigenvalue weighted by Gasteiger charge is -2.10. The second-order valence-electron chi connectivity index (χ2n) is 8.36. The second-order valence-corrected chi connectivity index (χ2v) is 8.36. The van der Waals surface area contributed by atoms with Crippen molar-refractivity contribution in [2.45, 2.75) is 26.7 Å². The molecule has 0 fully saturated rings. The minimum atomic E-state index is -0.968. The molecule has 5 rings (SSSR count). The molecule has 0 aliphatic heterocycles. The number of nitrogens with zero attached hydrogens (tertiary/aromatic N) is 2. The number of rotatable bonds is 7. The van der Waals surface area contributed by atoms with Gasteiger partial charge in [0.1, 0.15) is 17.8 Å². The molecule has 0 unspecified atom stereocenters. The van der Waals surface area contributed by atoms with E-state index in [-0.39, 0.29) is 5.69 Å². The average Bonchev–Trinajstić information content (AvgIpc) is 3.21. The molecule has 2 aromatic heterocycles. The van der Waals surface area contributed by atoms with Crippen LogP contribution in [0.3, 0.4) is 0 Å². The van der Waals surface area contributed by atoms with Gasteiger partial charge in [0, 0.05) is 33.3 Å². The SMILES string of the molecule is Cc1ncnc(C)c1-c1cccc2c(CCCOc3cccc4ccccc34)c(C(=O)O)[nH]c12. The van der Waals surface area contributed by atoms with Crippen LogP contribution in [0.5, 0.6) is 5.75 Å². The summed E-state index contributed by atoms with van der Waals surface area (Å²) in [6, 6.07) is 20.0. The zero-order valence-corrected chi connectivity index (χ0v) is 19.1. The summed E-state index contributed by atoms with van der Waals surface area (Å²) in [7, 11) is 0. The Labute approximate surface area is 197 Å². The van der Waals surface area contributed by atoms with Crippen LogP contribution in [0.1, 0.15) is 33.9 Å². The molecular formula is C28H25N3O3. The number of aromatic nitrogens is 3. The molecule has 0 aliphatic rings. The third-order valence-electron chi connectivity index (χ3n) is 6.23. The first-order valence-corrected chi connectivity index (χ1v) is 11.3. The van der Waals surface area contributed by atoms with E-state index in [1.165, 1.54) is 0 Å². The first kappa shape index (κ1) is 21.6. The van der Waals surface area contributed by atoms with Crippen molar-refractivity contribution >= 4 is 27.6 Å². The summed E-state index contributed by atoms with van der Waals surface area (Å²) < 4.78 is 6.08. The van der Waals surface area contributed by atoms with E-state index < -0.39 is 5.97 Å². The smallest absolute Gasteiger partial charge is 0.352 e. The van der Waals surface area contributed by atoms with Crippen LogP contribution in [-0.2, 0) is 6.42 Å². The van der Waals surface area contributed by atoms with Gasteiger partial charge in [-0.2, -0.15) is 0 Å². The Hall–Kier alpha value is -4.19. The molecule has 0 radical (unpaired) electrons. The Kier molecular flexibility index (Phi) is 5.72. The number of aryl methyl sites for hydroxylation is 3. The van der Waals surface area contributed by atoms with Gasteiger partial charge in [-0.1, -0.05) is 54.6 Å². The van der Waals surface area contributed by atoms with Crippen molar-refractivity contribution in [1.82, 2.24) is 15.0 Å². The van der Waals surface area contributed by atoms with Crippen LogP contribution in [0.4, 0.5) is 0 Å². The van der Waals surface area contributed by atoms with Crippen LogP contribution in [0.15, 0.2) is 67.0 Å². The molecule has 170 valence electrons. The first-order valence-electron chi connectivity index (χ1n) is 11.3. The standard InChI is InChI=1S/C28H25N3O3/c1-17-25(18(2)30-16-29-17)23-12-6-11-21-22(27(28(32)33)31-26(21)23)13-7-15-34-24-14-5-9-19-8-3-4-10-20(19)24/h3-6,8-12,14,16,31H,7,13,15H2,1-2H3,(H,32,33). The number of hydrogen-bond acceptors (Lipinski definition) is 4. The highest BCUT2D eigenvalue weighted by Gasteiger charge is 2.20. The molecule has 34 heavy (non-hydrogen) atoms. The van der Waals surface area contributed by atoms with Crippen molar-refractivity contribution < 1.29 is 14.6 Å². The lowest BCUT2D eigenvalue weighted by Crippen LogP contribution is -2.04. The van der Waals surface area contributed by atoms with Crippen LogP contribution in [0, 0.1) is 13.8 Å². The van der Waals surface area contributed by atoms with Gasteiger partial charge in [-0.3, -0.25) is 0 Å². The van der Waals surface area contributed by atoms with E-state index >= 15 is 0 Å². The normalized spacial score (nSPS) is 11.2. The molecule has 3 aromatic carbocycles. The predicted molar refractivity (Wildman–Crippen MR) is 134 cm³/mol. The van der Waals surface area contributed by atoms with Gasteiger partial charge in [0.15, 0.2) is 0 Å². The molecule has 0 aliphatic carbocycles. The fourth-order valence-corrected chi connectivity index (χ4v) is 4.66. The lowest BCUT2D eigenvalue weighted by molar-refractivity contribution is 0.0690. The van der Waals surface area contributed by atoms with Gasteiger partial charge in [0.05, 0.1) is 12.1 Å². The van der Waals surface area contributed by atoms with Gasteiger partial charge in [-0.25, -0.2) is 14.8 Å². The van der Waals surface area contributed by atoms with Crippen molar-refractivity contribution in [1.29, 1.82) is 0 Å². The maximum atomic E-state index is 12.1. The van der Waals surface area contributed by atoms with Crippen molar-refractivity contribution in [2.24, 2.45) is 0 Å². The molecule has 0 spiro atoms. The number of carboxylic acid groups (broad SMARTS) is 1. The van der Waals surface area contributed by atoms with Crippen molar-refractivity contribution in [2.75, 3.05) is 6.61 Å². The van der Waals surface area contributed by atoms with E-state index in [1.54, 1.807) is 6.33 Å². The molecule has 5 aromatic rings. The monoisotopic (exact) mass is 451 g/mol. The fourth-order valence-electron chi connectivity index (χ4n) is 4.66. The first-order chi connectivity index (χ1) is 16.5. The van der Waals surface area contributed by atoms with Gasteiger partial charge in [-0.05, 0) is 43.7 Å². The summed E-state index contributed by atoms with van der Waals surface area (Å²) in [6.07, 6.45) is 2.82. The number of H-pyrrole nitrogens is 1. The number of aromatic carboxylic acids is 1. The van der Waals surface area contributed by atoms with E-state index in [2.05, 4.69) is 27.1 Å². The highest BCUT2D eigenvalue weighted by atomic mass is 16.5. The average molecular weight is 452 g/mol. The molecule has 0 saturated heterocycles. The molecule has 6 heteroatoms. The maximum Gasteiger partial charge on any atom is 0.352 e. The number of fused-ring (bicyclic) bond motifs is 2. The van der Waals surface area contributed by atoms with Crippen LogP contribution in [0.25, 0.3) is 32.8 Å². The second kappa shape index (κ2) is 8.98. The van der Waals surface area contributed by atoms with Gasteiger partial charge < -0.3 is 14.8 Å². The van der Waals surface area contributed by atoms with Crippen molar-refractivity contribution in [3.05, 3.63) is 89.6 Å². The van der Waals surface area contributed by atoms with Gasteiger partial charge in [0.2, 0.25) is 0 Å². The number of para-hydroxylation sites is 1. The highest BCUT2D eigenvalue weighted by molar-refractivity contribution is 6.03.